The minimum absolute atomic E-state index is 0.205. The summed E-state index contributed by atoms with van der Waals surface area (Å²) < 4.78 is 0. The molecule has 0 saturated carbocycles. The lowest BCUT2D eigenvalue weighted by Gasteiger charge is -2.02. The van der Waals surface area contributed by atoms with E-state index in [4.69, 9.17) is 5.73 Å². The van der Waals surface area contributed by atoms with E-state index < -0.39 is 11.8 Å². The molecule has 1 rings (SSSR count). The van der Waals surface area contributed by atoms with Crippen molar-refractivity contribution in [3.05, 3.63) is 22.4 Å². The van der Waals surface area contributed by atoms with Crippen LogP contribution in [0.2, 0.25) is 0 Å². The first-order valence-corrected chi connectivity index (χ1v) is 4.43. The largest absolute Gasteiger partial charge is 0.369 e. The molecular weight excluding hydrogens is 174 g/mol. The molecule has 1 unspecified atom stereocenters. The van der Waals surface area contributed by atoms with E-state index in [0.717, 1.165) is 0 Å². The summed E-state index contributed by atoms with van der Waals surface area (Å²) >= 11 is 1.42. The Morgan fingerprint density at radius 3 is 2.67 bits per heavy atom. The number of carbonyl (C=O) groups is 2. The van der Waals surface area contributed by atoms with Gasteiger partial charge < -0.3 is 5.73 Å². The Morgan fingerprint density at radius 2 is 2.25 bits per heavy atom. The molecule has 4 heteroatoms. The van der Waals surface area contributed by atoms with Crippen molar-refractivity contribution in [3.63, 3.8) is 0 Å². The highest BCUT2D eigenvalue weighted by atomic mass is 32.1. The van der Waals surface area contributed by atoms with Gasteiger partial charge in [0.1, 0.15) is 0 Å². The molecule has 12 heavy (non-hydrogen) atoms. The lowest BCUT2D eigenvalue weighted by molar-refractivity contribution is -0.119. The maximum absolute atomic E-state index is 11.4. The van der Waals surface area contributed by atoms with Crippen LogP contribution in [0, 0.1) is 5.92 Å². The van der Waals surface area contributed by atoms with E-state index in [-0.39, 0.29) is 5.78 Å². The number of thiophene rings is 1. The van der Waals surface area contributed by atoms with Crippen LogP contribution in [0.15, 0.2) is 16.8 Å². The number of nitrogens with two attached hydrogens (primary N) is 1. The fourth-order valence-corrected chi connectivity index (χ4v) is 1.43. The van der Waals surface area contributed by atoms with Crippen LogP contribution in [0.4, 0.5) is 0 Å². The Bertz CT molecular complexity index is 292. The Morgan fingerprint density at radius 1 is 1.58 bits per heavy atom. The molecule has 0 radical (unpaired) electrons. The second-order valence-electron chi connectivity index (χ2n) is 2.50. The second-order valence-corrected chi connectivity index (χ2v) is 3.28. The summed E-state index contributed by atoms with van der Waals surface area (Å²) in [6, 6.07) is 1.69. The zero-order valence-electron chi connectivity index (χ0n) is 6.61. The third-order valence-corrected chi connectivity index (χ3v) is 2.31. The highest BCUT2D eigenvalue weighted by molar-refractivity contribution is 7.08. The van der Waals surface area contributed by atoms with Gasteiger partial charge in [0, 0.05) is 10.9 Å². The summed E-state index contributed by atoms with van der Waals surface area (Å²) in [5, 5.41) is 3.50. The highest BCUT2D eigenvalue weighted by Gasteiger charge is 2.19. The van der Waals surface area contributed by atoms with E-state index in [9.17, 15) is 9.59 Å². The molecule has 1 atom stereocenters. The Labute approximate surface area is 74.2 Å². The van der Waals surface area contributed by atoms with Gasteiger partial charge in [0.2, 0.25) is 5.91 Å². The molecule has 2 N–H and O–H groups in total. The van der Waals surface area contributed by atoms with E-state index in [1.165, 1.54) is 18.3 Å². The Kier molecular flexibility index (Phi) is 2.60. The number of rotatable bonds is 3. The number of amides is 1. The molecule has 1 aromatic heterocycles. The molecule has 64 valence electrons. The Balaban J connectivity index is 2.79. The van der Waals surface area contributed by atoms with Gasteiger partial charge in [-0.2, -0.15) is 11.3 Å². The fourth-order valence-electron chi connectivity index (χ4n) is 0.784. The molecule has 0 fully saturated rings. The standard InChI is InChI=1S/C8H9NO2S/c1-5(8(9)11)7(10)6-2-3-12-4-6/h2-5H,1H3,(H2,9,11). The number of hydrogen-bond acceptors (Lipinski definition) is 3. The first-order chi connectivity index (χ1) is 5.63. The number of carbonyl (C=O) groups excluding carboxylic acids is 2. The zero-order chi connectivity index (χ0) is 9.14. The van der Waals surface area contributed by atoms with Crippen LogP contribution in [-0.2, 0) is 4.79 Å². The van der Waals surface area contributed by atoms with Gasteiger partial charge in [0.25, 0.3) is 0 Å². The number of Topliss-reactive ketones (excluding diaryl/α,β-unsaturated/α-hetero) is 1. The zero-order valence-corrected chi connectivity index (χ0v) is 7.43. The molecule has 0 aliphatic heterocycles. The van der Waals surface area contributed by atoms with Crippen molar-refractivity contribution < 1.29 is 9.59 Å². The first-order valence-electron chi connectivity index (χ1n) is 3.48. The molecule has 1 aromatic rings. The summed E-state index contributed by atoms with van der Waals surface area (Å²) in [6.07, 6.45) is 0. The lowest BCUT2D eigenvalue weighted by atomic mass is 10.0. The molecule has 3 nitrogen and oxygen atoms in total. The van der Waals surface area contributed by atoms with Crippen LogP contribution in [0.25, 0.3) is 0 Å². The quantitative estimate of drug-likeness (QED) is 0.562. The van der Waals surface area contributed by atoms with E-state index in [2.05, 4.69) is 0 Å². The predicted octanol–water partition coefficient (Wildman–Crippen LogP) is 1.05. The molecule has 1 heterocycles. The first kappa shape index (κ1) is 8.93. The van der Waals surface area contributed by atoms with E-state index in [1.54, 1.807) is 16.8 Å². The third-order valence-electron chi connectivity index (χ3n) is 1.63. The van der Waals surface area contributed by atoms with Gasteiger partial charge in [-0.15, -0.1) is 0 Å². The van der Waals surface area contributed by atoms with Crippen LogP contribution in [0.3, 0.4) is 0 Å². The van der Waals surface area contributed by atoms with Crippen LogP contribution < -0.4 is 5.73 Å². The Hall–Kier alpha value is -1.16. The van der Waals surface area contributed by atoms with Crippen LogP contribution in [0.5, 0.6) is 0 Å². The summed E-state index contributed by atoms with van der Waals surface area (Å²) in [5.41, 5.74) is 5.55. The normalized spacial score (nSPS) is 12.4. The van der Waals surface area contributed by atoms with E-state index in [1.807, 2.05) is 0 Å². The smallest absolute Gasteiger partial charge is 0.228 e. The highest BCUT2D eigenvalue weighted by Crippen LogP contribution is 2.11. The van der Waals surface area contributed by atoms with Crippen molar-refractivity contribution in [2.45, 2.75) is 6.92 Å². The van der Waals surface area contributed by atoms with Gasteiger partial charge in [-0.05, 0) is 18.4 Å². The van der Waals surface area contributed by atoms with Gasteiger partial charge in [-0.1, -0.05) is 0 Å². The average molecular weight is 183 g/mol. The maximum atomic E-state index is 11.4. The van der Waals surface area contributed by atoms with Crippen molar-refractivity contribution in [2.24, 2.45) is 11.7 Å². The van der Waals surface area contributed by atoms with E-state index in [0.29, 0.717) is 5.56 Å². The fraction of sp³-hybridized carbons (Fsp3) is 0.250. The lowest BCUT2D eigenvalue weighted by Crippen LogP contribution is -2.27. The SMILES string of the molecule is CC(C(N)=O)C(=O)c1ccsc1. The van der Waals surface area contributed by atoms with E-state index >= 15 is 0 Å². The summed E-state index contributed by atoms with van der Waals surface area (Å²) in [7, 11) is 0. The average Bonchev–Trinajstić information content (AvgIpc) is 2.53. The van der Waals surface area contributed by atoms with Crippen LogP contribution in [-0.4, -0.2) is 11.7 Å². The number of primary amides is 1. The molecule has 0 saturated heterocycles. The molecule has 1 amide bonds. The van der Waals surface area contributed by atoms with Crippen LogP contribution in [0.1, 0.15) is 17.3 Å². The summed E-state index contributed by atoms with van der Waals surface area (Å²) in [4.78, 5) is 22.0. The second kappa shape index (κ2) is 3.49. The van der Waals surface area contributed by atoms with Crippen molar-refractivity contribution in [3.8, 4) is 0 Å². The van der Waals surface area contributed by atoms with Gasteiger partial charge in [-0.3, -0.25) is 9.59 Å². The molecule has 0 aromatic carbocycles. The molecule has 0 spiro atoms. The summed E-state index contributed by atoms with van der Waals surface area (Å²) in [5.74, 6) is -1.51. The molecular formula is C8H9NO2S. The van der Waals surface area contributed by atoms with Gasteiger partial charge in [0.15, 0.2) is 5.78 Å². The number of hydrogen-bond donors (Lipinski definition) is 1. The monoisotopic (exact) mass is 183 g/mol. The van der Waals surface area contributed by atoms with Crippen molar-refractivity contribution in [1.82, 2.24) is 0 Å². The summed E-state index contributed by atoms with van der Waals surface area (Å²) in [6.45, 7) is 1.52. The minimum Gasteiger partial charge on any atom is -0.369 e. The maximum Gasteiger partial charge on any atom is 0.228 e. The number of ketones is 1. The topological polar surface area (TPSA) is 60.2 Å². The van der Waals surface area contributed by atoms with Gasteiger partial charge in [0.05, 0.1) is 5.92 Å². The van der Waals surface area contributed by atoms with Crippen molar-refractivity contribution in [1.29, 1.82) is 0 Å². The minimum atomic E-state index is -0.723. The third kappa shape index (κ3) is 1.71. The molecule has 0 aliphatic carbocycles. The van der Waals surface area contributed by atoms with Crippen molar-refractivity contribution in [2.75, 3.05) is 0 Å². The van der Waals surface area contributed by atoms with Crippen LogP contribution >= 0.6 is 11.3 Å². The van der Waals surface area contributed by atoms with Gasteiger partial charge in [-0.25, -0.2) is 0 Å². The molecule has 0 bridgehead atoms. The van der Waals surface area contributed by atoms with Gasteiger partial charge >= 0.3 is 0 Å². The predicted molar refractivity (Wildman–Crippen MR) is 47.0 cm³/mol. The molecule has 0 aliphatic rings. The van der Waals surface area contributed by atoms with Crippen molar-refractivity contribution >= 4 is 23.0 Å².